The van der Waals surface area contributed by atoms with Crippen molar-refractivity contribution in [2.45, 2.75) is 45.6 Å². The summed E-state index contributed by atoms with van der Waals surface area (Å²) in [6.45, 7) is 5.43. The molecule has 0 aromatic rings. The van der Waals surface area contributed by atoms with Gasteiger partial charge in [0.05, 0.1) is 13.2 Å². The third kappa shape index (κ3) is 4.09. The van der Waals surface area contributed by atoms with Crippen molar-refractivity contribution in [3.05, 3.63) is 0 Å². The second-order valence-corrected chi connectivity index (χ2v) is 3.87. The maximum Gasteiger partial charge on any atom is 0.337 e. The van der Waals surface area contributed by atoms with E-state index in [1.807, 2.05) is 0 Å². The summed E-state index contributed by atoms with van der Waals surface area (Å²) in [6, 6.07) is 0. The maximum atomic E-state index is 11.2. The van der Waals surface area contributed by atoms with Crippen molar-refractivity contribution in [1.29, 1.82) is 0 Å². The monoisotopic (exact) mass is 200 g/mol. The van der Waals surface area contributed by atoms with Crippen LogP contribution in [0.15, 0.2) is 0 Å². The van der Waals surface area contributed by atoms with Crippen molar-refractivity contribution >= 4 is 5.97 Å². The zero-order valence-electron chi connectivity index (χ0n) is 9.12. The molecule has 1 fully saturated rings. The van der Waals surface area contributed by atoms with E-state index < -0.39 is 0 Å². The van der Waals surface area contributed by atoms with Gasteiger partial charge >= 0.3 is 5.97 Å². The van der Waals surface area contributed by atoms with Crippen LogP contribution in [0.2, 0.25) is 0 Å². The van der Waals surface area contributed by atoms with Crippen molar-refractivity contribution in [2.75, 3.05) is 13.2 Å². The number of ether oxygens (including phenoxy) is 2. The Bertz CT molecular complexity index is 175. The van der Waals surface area contributed by atoms with Gasteiger partial charge in [-0.05, 0) is 12.3 Å². The van der Waals surface area contributed by atoms with Gasteiger partial charge in [0.15, 0.2) is 6.10 Å². The van der Waals surface area contributed by atoms with Crippen LogP contribution in [-0.4, -0.2) is 25.3 Å². The number of hydrogen-bond acceptors (Lipinski definition) is 3. The fourth-order valence-corrected chi connectivity index (χ4v) is 1.38. The molecule has 1 heterocycles. The highest BCUT2D eigenvalue weighted by Gasteiger charge is 2.33. The van der Waals surface area contributed by atoms with E-state index in [9.17, 15) is 4.79 Å². The van der Waals surface area contributed by atoms with Crippen molar-refractivity contribution < 1.29 is 14.3 Å². The zero-order chi connectivity index (χ0) is 10.4. The molecule has 3 heteroatoms. The summed E-state index contributed by atoms with van der Waals surface area (Å²) in [4.78, 5) is 11.2. The van der Waals surface area contributed by atoms with Gasteiger partial charge in [-0.25, -0.2) is 4.79 Å². The molecule has 0 N–H and O–H groups in total. The van der Waals surface area contributed by atoms with E-state index in [1.165, 1.54) is 12.8 Å². The molecule has 1 aliphatic rings. The molecular formula is C11H20O3. The Hall–Kier alpha value is -0.570. The lowest BCUT2D eigenvalue weighted by Crippen LogP contribution is -2.17. The number of carbonyl (C=O) groups excluding carboxylic acids is 1. The molecule has 1 rings (SSSR count). The molecule has 0 saturated carbocycles. The number of carbonyl (C=O) groups is 1. The van der Waals surface area contributed by atoms with E-state index in [-0.39, 0.29) is 12.1 Å². The minimum Gasteiger partial charge on any atom is -0.463 e. The zero-order valence-corrected chi connectivity index (χ0v) is 9.12. The molecule has 0 unspecified atom stereocenters. The molecule has 1 aliphatic heterocycles. The minimum absolute atomic E-state index is 0.181. The van der Waals surface area contributed by atoms with Gasteiger partial charge in [-0.2, -0.15) is 0 Å². The average molecular weight is 200 g/mol. The Morgan fingerprint density at radius 1 is 1.57 bits per heavy atom. The van der Waals surface area contributed by atoms with Crippen LogP contribution >= 0.6 is 0 Å². The first kappa shape index (κ1) is 11.5. The SMILES string of the molecule is CCCC[C@@H](CC)COC(=O)[C@@H]1CO1. The van der Waals surface area contributed by atoms with Gasteiger partial charge in [-0.3, -0.25) is 0 Å². The van der Waals surface area contributed by atoms with Crippen LogP contribution in [0.3, 0.4) is 0 Å². The second kappa shape index (κ2) is 6.02. The quantitative estimate of drug-likeness (QED) is 0.467. The Labute approximate surface area is 85.8 Å². The summed E-state index contributed by atoms with van der Waals surface area (Å²) in [5.41, 5.74) is 0. The lowest BCUT2D eigenvalue weighted by Gasteiger charge is -2.13. The first-order valence-corrected chi connectivity index (χ1v) is 5.56. The van der Waals surface area contributed by atoms with Crippen LogP contribution in [0.4, 0.5) is 0 Å². The van der Waals surface area contributed by atoms with E-state index >= 15 is 0 Å². The number of epoxide rings is 1. The molecule has 82 valence electrons. The van der Waals surface area contributed by atoms with Crippen molar-refractivity contribution in [1.82, 2.24) is 0 Å². The van der Waals surface area contributed by atoms with E-state index in [0.717, 1.165) is 12.8 Å². The van der Waals surface area contributed by atoms with Crippen molar-refractivity contribution in [2.24, 2.45) is 5.92 Å². The summed E-state index contributed by atoms with van der Waals surface area (Å²) in [6.07, 6.45) is 4.41. The first-order valence-electron chi connectivity index (χ1n) is 5.56. The predicted molar refractivity (Wildman–Crippen MR) is 54.0 cm³/mol. The normalized spacial score (nSPS) is 21.7. The van der Waals surface area contributed by atoms with Crippen LogP contribution in [0, 0.1) is 5.92 Å². The smallest absolute Gasteiger partial charge is 0.337 e. The highest BCUT2D eigenvalue weighted by atomic mass is 16.6. The summed E-state index contributed by atoms with van der Waals surface area (Å²) in [5.74, 6) is 0.345. The predicted octanol–water partition coefficient (Wildman–Crippen LogP) is 2.14. The fourth-order valence-electron chi connectivity index (χ4n) is 1.38. The van der Waals surface area contributed by atoms with Crippen LogP contribution in [0.1, 0.15) is 39.5 Å². The maximum absolute atomic E-state index is 11.2. The van der Waals surface area contributed by atoms with Gasteiger partial charge in [0, 0.05) is 0 Å². The van der Waals surface area contributed by atoms with Gasteiger partial charge in [0.1, 0.15) is 0 Å². The van der Waals surface area contributed by atoms with Crippen molar-refractivity contribution in [3.63, 3.8) is 0 Å². The summed E-state index contributed by atoms with van der Waals surface area (Å²) in [7, 11) is 0. The molecular weight excluding hydrogens is 180 g/mol. The van der Waals surface area contributed by atoms with Gasteiger partial charge in [0.25, 0.3) is 0 Å². The highest BCUT2D eigenvalue weighted by molar-refractivity contribution is 5.76. The third-order valence-electron chi connectivity index (χ3n) is 2.60. The van der Waals surface area contributed by atoms with Gasteiger partial charge in [-0.1, -0.05) is 33.1 Å². The molecule has 2 atom stereocenters. The van der Waals surface area contributed by atoms with E-state index in [4.69, 9.17) is 9.47 Å². The minimum atomic E-state index is -0.251. The first-order chi connectivity index (χ1) is 6.77. The van der Waals surface area contributed by atoms with Crippen molar-refractivity contribution in [3.8, 4) is 0 Å². The van der Waals surface area contributed by atoms with Gasteiger partial charge in [0.2, 0.25) is 0 Å². The lowest BCUT2D eigenvalue weighted by atomic mass is 10.0. The number of esters is 1. The Kier molecular flexibility index (Phi) is 4.94. The molecule has 0 amide bonds. The molecule has 3 nitrogen and oxygen atoms in total. The third-order valence-corrected chi connectivity index (χ3v) is 2.60. The topological polar surface area (TPSA) is 38.8 Å². The summed E-state index contributed by atoms with van der Waals surface area (Å²) in [5, 5.41) is 0. The standard InChI is InChI=1S/C11H20O3/c1-3-5-6-9(4-2)7-14-11(12)10-8-13-10/h9-10H,3-8H2,1-2H3/t9-,10+/m1/s1. The molecule has 0 bridgehead atoms. The van der Waals surface area contributed by atoms with Crippen LogP contribution in [0.25, 0.3) is 0 Å². The van der Waals surface area contributed by atoms with Crippen LogP contribution in [0.5, 0.6) is 0 Å². The number of unbranched alkanes of at least 4 members (excludes halogenated alkanes) is 1. The fraction of sp³-hybridized carbons (Fsp3) is 0.909. The molecule has 0 aromatic heterocycles. The Morgan fingerprint density at radius 3 is 2.79 bits per heavy atom. The van der Waals surface area contributed by atoms with E-state index in [2.05, 4.69) is 13.8 Å². The molecule has 14 heavy (non-hydrogen) atoms. The van der Waals surface area contributed by atoms with Crippen LogP contribution < -0.4 is 0 Å². The van der Waals surface area contributed by atoms with Crippen LogP contribution in [-0.2, 0) is 14.3 Å². The lowest BCUT2D eigenvalue weighted by molar-refractivity contribution is -0.146. The molecule has 1 saturated heterocycles. The van der Waals surface area contributed by atoms with E-state index in [0.29, 0.717) is 19.1 Å². The van der Waals surface area contributed by atoms with Gasteiger partial charge < -0.3 is 9.47 Å². The number of rotatable bonds is 7. The molecule has 0 spiro atoms. The molecule has 0 aliphatic carbocycles. The Balaban J connectivity index is 2.09. The summed E-state index contributed by atoms with van der Waals surface area (Å²) >= 11 is 0. The molecule has 0 aromatic carbocycles. The molecule has 0 radical (unpaired) electrons. The number of hydrogen-bond donors (Lipinski definition) is 0. The van der Waals surface area contributed by atoms with E-state index in [1.54, 1.807) is 0 Å². The Morgan fingerprint density at radius 2 is 2.29 bits per heavy atom. The average Bonchev–Trinajstić information content (AvgIpc) is 3.01. The summed E-state index contributed by atoms with van der Waals surface area (Å²) < 4.78 is 9.99. The highest BCUT2D eigenvalue weighted by Crippen LogP contribution is 2.15. The largest absolute Gasteiger partial charge is 0.463 e. The second-order valence-electron chi connectivity index (χ2n) is 3.87. The van der Waals surface area contributed by atoms with Gasteiger partial charge in [-0.15, -0.1) is 0 Å².